The molecule has 0 fully saturated rings. The maximum atomic E-state index is 13.4. The number of benzene rings is 1. The van der Waals surface area contributed by atoms with E-state index in [1.807, 2.05) is 37.8 Å². The Kier molecular flexibility index (Phi) is 9.97. The molecule has 0 spiro atoms. The lowest BCUT2D eigenvalue weighted by atomic mass is 10.0. The van der Waals surface area contributed by atoms with Gasteiger partial charge in [0.15, 0.2) is 0 Å². The highest BCUT2D eigenvalue weighted by Crippen LogP contribution is 2.32. The zero-order valence-corrected chi connectivity index (χ0v) is 19.2. The number of amides is 2. The van der Waals surface area contributed by atoms with Crippen molar-refractivity contribution in [1.82, 2.24) is 9.80 Å². The van der Waals surface area contributed by atoms with E-state index in [2.05, 4.69) is 0 Å². The number of methoxy groups -OCH3 is 2. The van der Waals surface area contributed by atoms with E-state index in [0.29, 0.717) is 55.5 Å². The van der Waals surface area contributed by atoms with Crippen molar-refractivity contribution in [2.45, 2.75) is 26.9 Å². The van der Waals surface area contributed by atoms with Gasteiger partial charge in [0.05, 0.1) is 44.6 Å². The van der Waals surface area contributed by atoms with Crippen LogP contribution < -0.4 is 4.74 Å². The molecule has 0 saturated heterocycles. The number of carbonyl (C=O) groups excluding carboxylic acids is 2. The van der Waals surface area contributed by atoms with Gasteiger partial charge < -0.3 is 23.8 Å². The number of rotatable bonds is 14. The Morgan fingerprint density at radius 2 is 1.55 bits per heavy atom. The standard InChI is InChI=1S/C23H34N2O6/c1-6-30-19-9-7-18(8-10-19)20-21(24(11-14-28-4)12-15-29-5)23(27)25(22(20)26)13-16-31-17(2)3/h7-10,17H,6,11-16H2,1-5H3. The number of hydrogen-bond acceptors (Lipinski definition) is 7. The normalized spacial score (nSPS) is 14.2. The van der Waals surface area contributed by atoms with E-state index >= 15 is 0 Å². The molecule has 0 radical (unpaired) electrons. The summed E-state index contributed by atoms with van der Waals surface area (Å²) in [6.07, 6.45) is 0.0192. The van der Waals surface area contributed by atoms with E-state index < -0.39 is 0 Å². The van der Waals surface area contributed by atoms with Gasteiger partial charge in [0.25, 0.3) is 11.8 Å². The molecule has 1 aromatic carbocycles. The molecule has 1 heterocycles. The lowest BCUT2D eigenvalue weighted by Crippen LogP contribution is -2.39. The molecule has 1 aromatic rings. The highest BCUT2D eigenvalue weighted by Gasteiger charge is 2.41. The summed E-state index contributed by atoms with van der Waals surface area (Å²) in [5.74, 6) is 0.0628. The average Bonchev–Trinajstić information content (AvgIpc) is 2.99. The van der Waals surface area contributed by atoms with Crippen LogP contribution in [0.1, 0.15) is 26.3 Å². The number of ether oxygens (including phenoxy) is 4. The Bertz CT molecular complexity index is 752. The van der Waals surface area contributed by atoms with Gasteiger partial charge >= 0.3 is 0 Å². The monoisotopic (exact) mass is 434 g/mol. The van der Waals surface area contributed by atoms with Gasteiger partial charge in [-0.25, -0.2) is 0 Å². The fourth-order valence-corrected chi connectivity index (χ4v) is 3.32. The van der Waals surface area contributed by atoms with Crippen molar-refractivity contribution in [3.8, 4) is 5.75 Å². The van der Waals surface area contributed by atoms with Gasteiger partial charge in [-0.3, -0.25) is 14.5 Å². The van der Waals surface area contributed by atoms with Crippen LogP contribution in [0.5, 0.6) is 5.75 Å². The third-order valence-corrected chi connectivity index (χ3v) is 4.81. The van der Waals surface area contributed by atoms with Crippen LogP contribution in [-0.2, 0) is 23.8 Å². The van der Waals surface area contributed by atoms with Gasteiger partial charge in [0.2, 0.25) is 0 Å². The summed E-state index contributed by atoms with van der Waals surface area (Å²) >= 11 is 0. The summed E-state index contributed by atoms with van der Waals surface area (Å²) < 4.78 is 21.5. The second-order valence-corrected chi connectivity index (χ2v) is 7.34. The molecule has 172 valence electrons. The van der Waals surface area contributed by atoms with Gasteiger partial charge in [-0.15, -0.1) is 0 Å². The molecule has 31 heavy (non-hydrogen) atoms. The molecule has 0 saturated carbocycles. The highest BCUT2D eigenvalue weighted by molar-refractivity contribution is 6.35. The maximum absolute atomic E-state index is 13.4. The number of imide groups is 1. The third-order valence-electron chi connectivity index (χ3n) is 4.81. The number of carbonyl (C=O) groups is 2. The molecule has 0 atom stereocenters. The SMILES string of the molecule is CCOc1ccc(C2=C(N(CCOC)CCOC)C(=O)N(CCOC(C)C)C2=O)cc1. The van der Waals surface area contributed by atoms with Crippen LogP contribution >= 0.6 is 0 Å². The molecule has 2 amide bonds. The lowest BCUT2D eigenvalue weighted by molar-refractivity contribution is -0.138. The first-order valence-corrected chi connectivity index (χ1v) is 10.6. The minimum atomic E-state index is -0.326. The van der Waals surface area contributed by atoms with Crippen LogP contribution in [-0.4, -0.2) is 88.0 Å². The topological polar surface area (TPSA) is 77.5 Å². The van der Waals surface area contributed by atoms with Crippen molar-refractivity contribution in [3.05, 3.63) is 35.5 Å². The van der Waals surface area contributed by atoms with Crippen LogP contribution in [0.2, 0.25) is 0 Å². The third kappa shape index (κ3) is 6.53. The molecule has 1 aliphatic rings. The lowest BCUT2D eigenvalue weighted by Gasteiger charge is -2.25. The fourth-order valence-electron chi connectivity index (χ4n) is 3.32. The summed E-state index contributed by atoms with van der Waals surface area (Å²) in [5, 5.41) is 0. The predicted octanol–water partition coefficient (Wildman–Crippen LogP) is 2.18. The Morgan fingerprint density at radius 1 is 0.935 bits per heavy atom. The van der Waals surface area contributed by atoms with Crippen molar-refractivity contribution in [3.63, 3.8) is 0 Å². The summed E-state index contributed by atoms with van der Waals surface area (Å²) in [5.41, 5.74) is 1.42. The number of hydrogen-bond donors (Lipinski definition) is 0. The van der Waals surface area contributed by atoms with Gasteiger partial charge in [0.1, 0.15) is 11.4 Å². The van der Waals surface area contributed by atoms with Crippen LogP contribution in [0.4, 0.5) is 0 Å². The largest absolute Gasteiger partial charge is 0.494 e. The van der Waals surface area contributed by atoms with Crippen LogP contribution in [0, 0.1) is 0 Å². The van der Waals surface area contributed by atoms with Crippen molar-refractivity contribution in [1.29, 1.82) is 0 Å². The van der Waals surface area contributed by atoms with E-state index in [4.69, 9.17) is 18.9 Å². The second-order valence-electron chi connectivity index (χ2n) is 7.34. The molecule has 8 nitrogen and oxygen atoms in total. The molecule has 0 bridgehead atoms. The zero-order chi connectivity index (χ0) is 22.8. The van der Waals surface area contributed by atoms with Crippen molar-refractivity contribution in [2.24, 2.45) is 0 Å². The van der Waals surface area contributed by atoms with Crippen LogP contribution in [0.15, 0.2) is 30.0 Å². The van der Waals surface area contributed by atoms with Crippen molar-refractivity contribution >= 4 is 17.4 Å². The molecule has 0 aromatic heterocycles. The summed E-state index contributed by atoms with van der Waals surface area (Å²) in [7, 11) is 3.21. The number of nitrogens with zero attached hydrogens (tertiary/aromatic N) is 2. The van der Waals surface area contributed by atoms with Crippen LogP contribution in [0.25, 0.3) is 5.57 Å². The molecule has 2 rings (SSSR count). The molecular formula is C23H34N2O6. The quantitative estimate of drug-likeness (QED) is 0.415. The minimum Gasteiger partial charge on any atom is -0.494 e. The first kappa shape index (κ1) is 24.8. The molecule has 8 heteroatoms. The first-order valence-electron chi connectivity index (χ1n) is 10.6. The van der Waals surface area contributed by atoms with E-state index in [9.17, 15) is 9.59 Å². The van der Waals surface area contributed by atoms with Gasteiger partial charge in [-0.2, -0.15) is 0 Å². The average molecular weight is 435 g/mol. The molecular weight excluding hydrogens is 400 g/mol. The Hall–Kier alpha value is -2.42. The Morgan fingerprint density at radius 3 is 2.06 bits per heavy atom. The molecule has 0 unspecified atom stereocenters. The summed E-state index contributed by atoms with van der Waals surface area (Å²) in [6.45, 7) is 8.54. The van der Waals surface area contributed by atoms with Gasteiger partial charge in [-0.1, -0.05) is 12.1 Å². The minimum absolute atomic E-state index is 0.0192. The zero-order valence-electron chi connectivity index (χ0n) is 19.2. The summed E-state index contributed by atoms with van der Waals surface area (Å²) in [4.78, 5) is 29.8. The predicted molar refractivity (Wildman–Crippen MR) is 118 cm³/mol. The van der Waals surface area contributed by atoms with E-state index in [1.54, 1.807) is 26.4 Å². The van der Waals surface area contributed by atoms with E-state index in [1.165, 1.54) is 4.90 Å². The van der Waals surface area contributed by atoms with Crippen LogP contribution in [0.3, 0.4) is 0 Å². The van der Waals surface area contributed by atoms with E-state index in [-0.39, 0.29) is 31.1 Å². The Labute approximate surface area is 184 Å². The molecule has 1 aliphatic heterocycles. The molecule has 0 N–H and O–H groups in total. The second kappa shape index (κ2) is 12.4. The van der Waals surface area contributed by atoms with Gasteiger partial charge in [0, 0.05) is 27.3 Å². The van der Waals surface area contributed by atoms with Gasteiger partial charge in [-0.05, 0) is 38.5 Å². The maximum Gasteiger partial charge on any atom is 0.277 e. The van der Waals surface area contributed by atoms with Crippen molar-refractivity contribution in [2.75, 3.05) is 60.3 Å². The van der Waals surface area contributed by atoms with Crippen molar-refractivity contribution < 1.29 is 28.5 Å². The smallest absolute Gasteiger partial charge is 0.277 e. The summed E-state index contributed by atoms with van der Waals surface area (Å²) in [6, 6.07) is 7.23. The Balaban J connectivity index is 2.43. The molecule has 0 aliphatic carbocycles. The first-order chi connectivity index (χ1) is 14.9. The van der Waals surface area contributed by atoms with E-state index in [0.717, 1.165) is 0 Å². The highest BCUT2D eigenvalue weighted by atomic mass is 16.5. The fraction of sp³-hybridized carbons (Fsp3) is 0.565.